The van der Waals surface area contributed by atoms with Gasteiger partial charge in [-0.05, 0) is 46.8 Å². The summed E-state index contributed by atoms with van der Waals surface area (Å²) in [5.74, 6) is 1.48. The molecule has 1 aromatic rings. The Kier molecular flexibility index (Phi) is 2.78. The molecule has 1 aliphatic heterocycles. The van der Waals surface area contributed by atoms with Crippen LogP contribution in [-0.2, 0) is 0 Å². The lowest BCUT2D eigenvalue weighted by molar-refractivity contribution is 0.328. The van der Waals surface area contributed by atoms with Crippen LogP contribution < -0.4 is 5.73 Å². The fourth-order valence-corrected chi connectivity index (χ4v) is 2.40. The first-order chi connectivity index (χ1) is 8.24. The van der Waals surface area contributed by atoms with Crippen molar-refractivity contribution in [2.75, 3.05) is 13.1 Å². The van der Waals surface area contributed by atoms with Crippen LogP contribution in [0, 0.1) is 5.92 Å². The van der Waals surface area contributed by atoms with Gasteiger partial charge in [0.1, 0.15) is 0 Å². The van der Waals surface area contributed by atoms with E-state index in [1.807, 2.05) is 18.3 Å². The molecule has 0 amide bonds. The number of halogens is 1. The van der Waals surface area contributed by atoms with Gasteiger partial charge in [-0.15, -0.1) is 0 Å². The molecule has 2 heterocycles. The van der Waals surface area contributed by atoms with Gasteiger partial charge >= 0.3 is 0 Å². The summed E-state index contributed by atoms with van der Waals surface area (Å²) in [6, 6.07) is 4.29. The maximum absolute atomic E-state index is 5.95. The zero-order valence-corrected chi connectivity index (χ0v) is 11.1. The van der Waals surface area contributed by atoms with Crippen molar-refractivity contribution in [3.63, 3.8) is 0 Å². The average molecular weight is 295 g/mol. The standard InChI is InChI=1S/C12H15BrN4/c13-9-3-4-10(15-5-9)11-6-16-12(14)17(11)7-8-1-2-8/h3-5,8,11H,1-2,6-7H2,(H2,14,16). The molecule has 1 saturated carbocycles. The van der Waals surface area contributed by atoms with Crippen molar-refractivity contribution in [2.24, 2.45) is 16.6 Å². The predicted octanol–water partition coefficient (Wildman–Crippen LogP) is 1.93. The zero-order valence-electron chi connectivity index (χ0n) is 9.51. The molecule has 5 heteroatoms. The highest BCUT2D eigenvalue weighted by atomic mass is 79.9. The third-order valence-electron chi connectivity index (χ3n) is 3.34. The molecule has 1 fully saturated rings. The first-order valence-electron chi connectivity index (χ1n) is 5.92. The van der Waals surface area contributed by atoms with Gasteiger partial charge in [0, 0.05) is 17.2 Å². The molecule has 0 bridgehead atoms. The summed E-state index contributed by atoms with van der Waals surface area (Å²) in [5.41, 5.74) is 7.01. The van der Waals surface area contributed by atoms with E-state index in [-0.39, 0.29) is 6.04 Å². The van der Waals surface area contributed by atoms with Gasteiger partial charge in [0.05, 0.1) is 18.3 Å². The van der Waals surface area contributed by atoms with E-state index >= 15 is 0 Å². The molecule has 3 rings (SSSR count). The molecular formula is C12H15BrN4. The number of hydrogen-bond acceptors (Lipinski definition) is 4. The van der Waals surface area contributed by atoms with E-state index in [1.165, 1.54) is 12.8 Å². The maximum Gasteiger partial charge on any atom is 0.191 e. The lowest BCUT2D eigenvalue weighted by atomic mass is 10.1. The molecular weight excluding hydrogens is 280 g/mol. The minimum Gasteiger partial charge on any atom is -0.370 e. The molecule has 2 N–H and O–H groups in total. The molecule has 0 radical (unpaired) electrons. The van der Waals surface area contributed by atoms with Gasteiger partial charge < -0.3 is 10.6 Å². The number of nitrogens with two attached hydrogens (primary N) is 1. The Hall–Kier alpha value is -1.10. The van der Waals surface area contributed by atoms with Crippen LogP contribution in [0.15, 0.2) is 27.8 Å². The Morgan fingerprint density at radius 2 is 2.24 bits per heavy atom. The number of aromatic nitrogens is 1. The van der Waals surface area contributed by atoms with Crippen molar-refractivity contribution >= 4 is 21.9 Å². The van der Waals surface area contributed by atoms with Crippen molar-refractivity contribution in [3.05, 3.63) is 28.5 Å². The van der Waals surface area contributed by atoms with Crippen molar-refractivity contribution < 1.29 is 0 Å². The maximum atomic E-state index is 5.95. The van der Waals surface area contributed by atoms with Gasteiger partial charge in [-0.2, -0.15) is 0 Å². The molecule has 1 aromatic heterocycles. The van der Waals surface area contributed by atoms with Gasteiger partial charge in [-0.1, -0.05) is 0 Å². The molecule has 2 aliphatic rings. The molecule has 17 heavy (non-hydrogen) atoms. The SMILES string of the molecule is NC1=NCC(c2ccc(Br)cn2)N1CC1CC1. The average Bonchev–Trinajstić information content (AvgIpc) is 3.07. The van der Waals surface area contributed by atoms with Crippen LogP contribution in [0.2, 0.25) is 0 Å². The molecule has 90 valence electrons. The number of nitrogens with zero attached hydrogens (tertiary/aromatic N) is 3. The van der Waals surface area contributed by atoms with Gasteiger partial charge in [0.15, 0.2) is 5.96 Å². The van der Waals surface area contributed by atoms with E-state index in [0.29, 0.717) is 5.96 Å². The first-order valence-corrected chi connectivity index (χ1v) is 6.71. The molecule has 0 saturated heterocycles. The van der Waals surface area contributed by atoms with Crippen molar-refractivity contribution in [1.29, 1.82) is 0 Å². The van der Waals surface area contributed by atoms with E-state index in [0.717, 1.165) is 29.2 Å². The Morgan fingerprint density at radius 3 is 2.88 bits per heavy atom. The monoisotopic (exact) mass is 294 g/mol. The highest BCUT2D eigenvalue weighted by molar-refractivity contribution is 9.10. The summed E-state index contributed by atoms with van der Waals surface area (Å²) in [4.78, 5) is 11.0. The van der Waals surface area contributed by atoms with E-state index in [4.69, 9.17) is 5.73 Å². The highest BCUT2D eigenvalue weighted by Crippen LogP contribution is 2.34. The van der Waals surface area contributed by atoms with Gasteiger partial charge in [-0.25, -0.2) is 0 Å². The van der Waals surface area contributed by atoms with Crippen LogP contribution in [-0.4, -0.2) is 28.9 Å². The van der Waals surface area contributed by atoms with E-state index in [9.17, 15) is 0 Å². The summed E-state index contributed by atoms with van der Waals surface area (Å²) in [7, 11) is 0. The number of aliphatic imine (C=N–C) groups is 1. The zero-order chi connectivity index (χ0) is 11.8. The summed E-state index contributed by atoms with van der Waals surface area (Å²) in [6.45, 7) is 1.75. The lowest BCUT2D eigenvalue weighted by Crippen LogP contribution is -2.37. The number of rotatable bonds is 3. The summed E-state index contributed by atoms with van der Waals surface area (Å²) >= 11 is 3.40. The smallest absolute Gasteiger partial charge is 0.191 e. The van der Waals surface area contributed by atoms with Crippen molar-refractivity contribution in [1.82, 2.24) is 9.88 Å². The molecule has 1 atom stereocenters. The Bertz CT molecular complexity index is 438. The minimum absolute atomic E-state index is 0.226. The predicted molar refractivity (Wildman–Crippen MR) is 70.6 cm³/mol. The van der Waals surface area contributed by atoms with Crippen LogP contribution in [0.1, 0.15) is 24.6 Å². The molecule has 4 nitrogen and oxygen atoms in total. The highest BCUT2D eigenvalue weighted by Gasteiger charge is 2.33. The molecule has 1 aliphatic carbocycles. The largest absolute Gasteiger partial charge is 0.370 e. The fraction of sp³-hybridized carbons (Fsp3) is 0.500. The second-order valence-electron chi connectivity index (χ2n) is 4.71. The van der Waals surface area contributed by atoms with Crippen LogP contribution in [0.5, 0.6) is 0 Å². The summed E-state index contributed by atoms with van der Waals surface area (Å²) in [6.07, 6.45) is 4.48. The van der Waals surface area contributed by atoms with E-state index < -0.39 is 0 Å². The second kappa shape index (κ2) is 4.29. The lowest BCUT2D eigenvalue weighted by Gasteiger charge is -2.25. The summed E-state index contributed by atoms with van der Waals surface area (Å²) < 4.78 is 1.00. The first kappa shape index (κ1) is 11.0. The second-order valence-corrected chi connectivity index (χ2v) is 5.63. The number of guanidine groups is 1. The topological polar surface area (TPSA) is 54.5 Å². The third kappa shape index (κ3) is 2.29. The fourth-order valence-electron chi connectivity index (χ4n) is 2.17. The van der Waals surface area contributed by atoms with Crippen molar-refractivity contribution in [2.45, 2.75) is 18.9 Å². The Morgan fingerprint density at radius 1 is 1.41 bits per heavy atom. The normalized spacial score (nSPS) is 23.9. The van der Waals surface area contributed by atoms with Gasteiger partial charge in [-0.3, -0.25) is 9.98 Å². The van der Waals surface area contributed by atoms with Crippen LogP contribution in [0.4, 0.5) is 0 Å². The van der Waals surface area contributed by atoms with Crippen LogP contribution in [0.3, 0.4) is 0 Å². The molecule has 0 aromatic carbocycles. The van der Waals surface area contributed by atoms with Crippen molar-refractivity contribution in [3.8, 4) is 0 Å². The van der Waals surface area contributed by atoms with Crippen LogP contribution in [0.25, 0.3) is 0 Å². The molecule has 0 spiro atoms. The minimum atomic E-state index is 0.226. The third-order valence-corrected chi connectivity index (χ3v) is 3.81. The quantitative estimate of drug-likeness (QED) is 0.927. The molecule has 1 unspecified atom stereocenters. The number of pyridine rings is 1. The Labute approximate surface area is 109 Å². The van der Waals surface area contributed by atoms with E-state index in [2.05, 4.69) is 30.8 Å². The Balaban J connectivity index is 1.79. The van der Waals surface area contributed by atoms with Gasteiger partial charge in [0.25, 0.3) is 0 Å². The number of hydrogen-bond donors (Lipinski definition) is 1. The van der Waals surface area contributed by atoms with E-state index in [1.54, 1.807) is 0 Å². The van der Waals surface area contributed by atoms with Gasteiger partial charge in [0.2, 0.25) is 0 Å². The summed E-state index contributed by atoms with van der Waals surface area (Å²) in [5, 5.41) is 0. The van der Waals surface area contributed by atoms with Crippen LogP contribution >= 0.6 is 15.9 Å².